The van der Waals surface area contributed by atoms with Crippen molar-refractivity contribution in [1.82, 2.24) is 9.03 Å². The van der Waals surface area contributed by atoms with Crippen LogP contribution < -0.4 is 10.0 Å². The molecule has 0 radical (unpaired) electrons. The maximum absolute atomic E-state index is 11.4. The summed E-state index contributed by atoms with van der Waals surface area (Å²) in [4.78, 5) is 11.4. The molecule has 2 N–H and O–H groups in total. The number of aryl methyl sites for hydroxylation is 2. The Kier molecular flexibility index (Phi) is 5.70. The van der Waals surface area contributed by atoms with Crippen LogP contribution in [-0.4, -0.2) is 22.8 Å². The zero-order valence-corrected chi connectivity index (χ0v) is 18.5. The summed E-state index contributed by atoms with van der Waals surface area (Å²) in [5.41, 5.74) is 9.13. The molecule has 2 heterocycles. The average molecular weight is 430 g/mol. The predicted molar refractivity (Wildman–Crippen MR) is 129 cm³/mol. The zero-order chi connectivity index (χ0) is 21.2. The largest absolute Gasteiger partial charge is 0.382 e. The summed E-state index contributed by atoms with van der Waals surface area (Å²) in [6.07, 6.45) is 3.35. The lowest BCUT2D eigenvalue weighted by molar-refractivity contribution is -0.118. The summed E-state index contributed by atoms with van der Waals surface area (Å²) in [6.45, 7) is 3.37. The summed E-state index contributed by atoms with van der Waals surface area (Å²) >= 11 is 1.39. The fraction of sp³-hybridized carbons (Fsp3) is 0.269. The monoisotopic (exact) mass is 429 g/mol. The van der Waals surface area contributed by atoms with Gasteiger partial charge in [0.2, 0.25) is 5.91 Å². The van der Waals surface area contributed by atoms with E-state index in [1.807, 2.05) is 4.31 Å². The first-order valence-corrected chi connectivity index (χ1v) is 11.6. The smallest absolute Gasteiger partial charge is 0.246 e. The van der Waals surface area contributed by atoms with Crippen LogP contribution in [0.5, 0.6) is 0 Å². The highest BCUT2D eigenvalue weighted by molar-refractivity contribution is 7.96. The molecule has 0 aliphatic carbocycles. The molecule has 4 nitrogen and oxygen atoms in total. The van der Waals surface area contributed by atoms with Crippen molar-refractivity contribution in [1.29, 1.82) is 0 Å². The summed E-state index contributed by atoms with van der Waals surface area (Å²) < 4.78 is 4.81. The normalized spacial score (nSPS) is 18.4. The first-order valence-electron chi connectivity index (χ1n) is 10.9. The van der Waals surface area contributed by atoms with Gasteiger partial charge in [-0.3, -0.25) is 9.52 Å². The number of hydrogen-bond acceptors (Lipinski definition) is 4. The first-order chi connectivity index (χ1) is 15.1. The number of fused-ring (bicyclic) bond motifs is 1. The van der Waals surface area contributed by atoms with Crippen molar-refractivity contribution in [3.63, 3.8) is 0 Å². The second-order valence-electron chi connectivity index (χ2n) is 8.56. The molecule has 1 atom stereocenters. The molecule has 2 aliphatic heterocycles. The minimum atomic E-state index is 0.0736. The van der Waals surface area contributed by atoms with Gasteiger partial charge in [0, 0.05) is 30.4 Å². The molecule has 1 amide bonds. The molecule has 3 aromatic carbocycles. The third-order valence-electron chi connectivity index (χ3n) is 6.05. The Balaban J connectivity index is 1.25. The topological polar surface area (TPSA) is 44.4 Å². The van der Waals surface area contributed by atoms with E-state index in [4.69, 9.17) is 0 Å². The molecule has 2 aliphatic rings. The molecule has 1 saturated heterocycles. The van der Waals surface area contributed by atoms with Crippen LogP contribution >= 0.6 is 12.1 Å². The summed E-state index contributed by atoms with van der Waals surface area (Å²) in [7, 11) is 0. The van der Waals surface area contributed by atoms with E-state index >= 15 is 0 Å². The number of nitrogens with one attached hydrogen (secondary N) is 2. The first kappa shape index (κ1) is 20.2. The fourth-order valence-electron chi connectivity index (χ4n) is 4.44. The van der Waals surface area contributed by atoms with E-state index in [-0.39, 0.29) is 5.91 Å². The van der Waals surface area contributed by atoms with Crippen molar-refractivity contribution >= 4 is 23.7 Å². The molecule has 5 heteroatoms. The van der Waals surface area contributed by atoms with Gasteiger partial charge in [0.25, 0.3) is 0 Å². The van der Waals surface area contributed by atoms with Crippen molar-refractivity contribution in [3.8, 4) is 11.1 Å². The van der Waals surface area contributed by atoms with Crippen LogP contribution in [0.1, 0.15) is 28.7 Å². The quantitative estimate of drug-likeness (QED) is 0.552. The Hall–Kier alpha value is -2.76. The van der Waals surface area contributed by atoms with Gasteiger partial charge in [-0.15, -0.1) is 0 Å². The molecule has 158 valence electrons. The average Bonchev–Trinajstić information content (AvgIpc) is 3.19. The van der Waals surface area contributed by atoms with E-state index in [0.29, 0.717) is 12.6 Å². The number of benzene rings is 3. The number of hydrogen-bond donors (Lipinski definition) is 2. The van der Waals surface area contributed by atoms with Gasteiger partial charge in [0.05, 0.1) is 6.54 Å². The van der Waals surface area contributed by atoms with Gasteiger partial charge in [-0.1, -0.05) is 66.2 Å². The van der Waals surface area contributed by atoms with Crippen molar-refractivity contribution < 1.29 is 4.79 Å². The molecule has 0 unspecified atom stereocenters. The maximum Gasteiger partial charge on any atom is 0.246 e. The van der Waals surface area contributed by atoms with E-state index in [1.54, 1.807) is 0 Å². The lowest BCUT2D eigenvalue weighted by Crippen LogP contribution is -2.27. The Morgan fingerprint density at radius 3 is 2.68 bits per heavy atom. The summed E-state index contributed by atoms with van der Waals surface area (Å²) in [6, 6.07) is 24.8. The summed E-state index contributed by atoms with van der Waals surface area (Å²) in [5, 5.41) is 3.74. The second kappa shape index (κ2) is 8.77. The van der Waals surface area contributed by atoms with Crippen LogP contribution in [0, 0.1) is 6.92 Å². The minimum Gasteiger partial charge on any atom is -0.382 e. The van der Waals surface area contributed by atoms with Crippen molar-refractivity contribution in [2.45, 2.75) is 38.8 Å². The number of nitrogens with zero attached hydrogens (tertiary/aromatic N) is 1. The molecule has 5 rings (SSSR count). The minimum absolute atomic E-state index is 0.0736. The van der Waals surface area contributed by atoms with Crippen LogP contribution in [0.15, 0.2) is 66.7 Å². The molecule has 31 heavy (non-hydrogen) atoms. The third-order valence-corrected chi connectivity index (χ3v) is 6.88. The molecule has 0 aromatic heterocycles. The van der Waals surface area contributed by atoms with E-state index in [0.717, 1.165) is 19.4 Å². The molecule has 0 bridgehead atoms. The van der Waals surface area contributed by atoms with Crippen LogP contribution in [0.2, 0.25) is 0 Å². The predicted octanol–water partition coefficient (Wildman–Crippen LogP) is 5.13. The van der Waals surface area contributed by atoms with Crippen molar-refractivity contribution in [2.24, 2.45) is 0 Å². The van der Waals surface area contributed by atoms with Crippen LogP contribution in [-0.2, 0) is 24.2 Å². The Morgan fingerprint density at radius 2 is 1.87 bits per heavy atom. The van der Waals surface area contributed by atoms with E-state index in [1.165, 1.54) is 57.6 Å². The fourth-order valence-corrected chi connectivity index (χ4v) is 5.13. The van der Waals surface area contributed by atoms with Crippen molar-refractivity contribution in [3.05, 3.63) is 89.0 Å². The zero-order valence-electron chi connectivity index (χ0n) is 17.7. The van der Waals surface area contributed by atoms with Gasteiger partial charge in [-0.25, -0.2) is 4.31 Å². The van der Waals surface area contributed by atoms with Gasteiger partial charge in [0.1, 0.15) is 0 Å². The highest BCUT2D eigenvalue weighted by atomic mass is 32.2. The number of amides is 1. The summed E-state index contributed by atoms with van der Waals surface area (Å²) in [5.74, 6) is 0.0736. The molecule has 1 fully saturated rings. The molecular formula is C26H27N3OS. The van der Waals surface area contributed by atoms with E-state index in [2.05, 4.69) is 83.7 Å². The van der Waals surface area contributed by atoms with E-state index < -0.39 is 0 Å². The van der Waals surface area contributed by atoms with Crippen LogP contribution in [0.3, 0.4) is 0 Å². The van der Waals surface area contributed by atoms with Crippen LogP contribution in [0.4, 0.5) is 5.69 Å². The lowest BCUT2D eigenvalue weighted by Gasteiger charge is -2.27. The number of carbonyl (C=O) groups excluding carboxylic acids is 1. The van der Waals surface area contributed by atoms with Gasteiger partial charge in [0.15, 0.2) is 0 Å². The molecular weight excluding hydrogens is 402 g/mol. The van der Waals surface area contributed by atoms with Gasteiger partial charge < -0.3 is 5.32 Å². The molecule has 0 saturated carbocycles. The van der Waals surface area contributed by atoms with Crippen LogP contribution in [0.25, 0.3) is 11.1 Å². The third kappa shape index (κ3) is 4.78. The van der Waals surface area contributed by atoms with E-state index in [9.17, 15) is 4.79 Å². The highest BCUT2D eigenvalue weighted by Gasteiger charge is 2.20. The Labute approximate surface area is 188 Å². The van der Waals surface area contributed by atoms with Gasteiger partial charge in [-0.05, 0) is 60.1 Å². The molecule has 3 aromatic rings. The standard InChI is InChI=1S/C26H27N3OS/c1-18-5-12-25-23(13-18)10-11-24(27-25)15-20-3-2-4-22(14-20)21-8-6-19(7-9-21)16-29-17-26(30)28-31-29/h2-9,12-14,24,27H,10-11,15-17H2,1H3,(H,28,30)/t24-/m0/s1. The van der Waals surface area contributed by atoms with Crippen molar-refractivity contribution in [2.75, 3.05) is 11.9 Å². The van der Waals surface area contributed by atoms with Gasteiger partial charge in [-0.2, -0.15) is 0 Å². The number of rotatable bonds is 5. The number of carbonyl (C=O) groups is 1. The molecule has 0 spiro atoms. The highest BCUT2D eigenvalue weighted by Crippen LogP contribution is 2.28. The SMILES string of the molecule is Cc1ccc2c(c1)CC[C@@H](Cc1cccc(-c3ccc(CN4CC(=O)NS4)cc3)c1)N2. The Bertz CT molecular complexity index is 1100. The Morgan fingerprint density at radius 1 is 1.00 bits per heavy atom. The second-order valence-corrected chi connectivity index (χ2v) is 9.46. The number of anilines is 1. The van der Waals surface area contributed by atoms with Gasteiger partial charge >= 0.3 is 0 Å². The maximum atomic E-state index is 11.4. The lowest BCUT2D eigenvalue weighted by atomic mass is 9.92.